The highest BCUT2D eigenvalue weighted by Gasteiger charge is 2.32. The van der Waals surface area contributed by atoms with Gasteiger partial charge in [0.05, 0.1) is 18.4 Å². The van der Waals surface area contributed by atoms with Crippen LogP contribution in [0.4, 0.5) is 5.69 Å². The second-order valence-electron chi connectivity index (χ2n) is 6.21. The van der Waals surface area contributed by atoms with E-state index in [1.54, 1.807) is 13.2 Å². The Kier molecular flexibility index (Phi) is 4.11. The third-order valence-corrected chi connectivity index (χ3v) is 5.52. The van der Waals surface area contributed by atoms with E-state index in [4.69, 9.17) is 11.6 Å². The molecule has 6 nitrogen and oxygen atoms in total. The first-order valence-electron chi connectivity index (χ1n) is 7.32. The SMILES string of the molecule is Cn1ncc(N2CCN(C3=NCC(C)(C)S3)CC2)c(Cl)c1=O. The van der Waals surface area contributed by atoms with Crippen molar-refractivity contribution in [2.24, 2.45) is 12.0 Å². The number of anilines is 1. The van der Waals surface area contributed by atoms with Crippen molar-refractivity contribution < 1.29 is 0 Å². The van der Waals surface area contributed by atoms with Crippen LogP contribution in [0.2, 0.25) is 5.02 Å². The molecule has 1 aromatic rings. The number of hydrogen-bond donors (Lipinski definition) is 0. The van der Waals surface area contributed by atoms with Gasteiger partial charge in [-0.2, -0.15) is 5.10 Å². The van der Waals surface area contributed by atoms with Crippen LogP contribution >= 0.6 is 23.4 Å². The lowest BCUT2D eigenvalue weighted by atomic mass is 10.2. The van der Waals surface area contributed by atoms with Gasteiger partial charge in [0.25, 0.3) is 5.56 Å². The first kappa shape index (κ1) is 15.7. The summed E-state index contributed by atoms with van der Waals surface area (Å²) in [5.74, 6) is 0. The van der Waals surface area contributed by atoms with Crippen LogP contribution in [0.25, 0.3) is 0 Å². The molecule has 0 radical (unpaired) electrons. The Morgan fingerprint density at radius 2 is 1.86 bits per heavy atom. The summed E-state index contributed by atoms with van der Waals surface area (Å²) in [6, 6.07) is 0. The smallest absolute Gasteiger partial charge is 0.287 e. The molecule has 0 amide bonds. The number of aryl methyl sites for hydroxylation is 1. The quantitative estimate of drug-likeness (QED) is 0.773. The normalized spacial score (nSPS) is 21.2. The fourth-order valence-corrected chi connectivity index (χ4v) is 3.95. The molecule has 120 valence electrons. The van der Waals surface area contributed by atoms with Crippen LogP contribution in [0.1, 0.15) is 13.8 Å². The summed E-state index contributed by atoms with van der Waals surface area (Å²) in [4.78, 5) is 21.0. The average molecular weight is 342 g/mol. The molecular weight excluding hydrogens is 322 g/mol. The molecule has 0 unspecified atom stereocenters. The monoisotopic (exact) mass is 341 g/mol. The number of hydrogen-bond acceptors (Lipinski definition) is 6. The van der Waals surface area contributed by atoms with Crippen molar-refractivity contribution >= 4 is 34.2 Å². The predicted molar refractivity (Wildman–Crippen MR) is 92.2 cm³/mol. The number of thioether (sulfide) groups is 1. The van der Waals surface area contributed by atoms with Crippen LogP contribution in [0, 0.1) is 0 Å². The van der Waals surface area contributed by atoms with Crippen molar-refractivity contribution in [2.75, 3.05) is 37.6 Å². The van der Waals surface area contributed by atoms with E-state index in [1.165, 1.54) is 4.68 Å². The Bertz CT molecular complexity index is 664. The maximum Gasteiger partial charge on any atom is 0.287 e. The van der Waals surface area contributed by atoms with Crippen molar-refractivity contribution in [2.45, 2.75) is 18.6 Å². The van der Waals surface area contributed by atoms with Gasteiger partial charge in [-0.15, -0.1) is 0 Å². The Morgan fingerprint density at radius 3 is 2.45 bits per heavy atom. The van der Waals surface area contributed by atoms with Gasteiger partial charge in [0.2, 0.25) is 0 Å². The molecule has 1 fully saturated rings. The van der Waals surface area contributed by atoms with E-state index < -0.39 is 0 Å². The Hall–Kier alpha value is -1.21. The number of piperazine rings is 1. The first-order valence-corrected chi connectivity index (χ1v) is 8.52. The molecule has 3 heterocycles. The highest BCUT2D eigenvalue weighted by atomic mass is 35.5. The van der Waals surface area contributed by atoms with Gasteiger partial charge in [-0.05, 0) is 13.8 Å². The lowest BCUT2D eigenvalue weighted by Gasteiger charge is -2.37. The Balaban J connectivity index is 1.68. The number of aromatic nitrogens is 2. The van der Waals surface area contributed by atoms with Crippen molar-refractivity contribution in [3.63, 3.8) is 0 Å². The summed E-state index contributed by atoms with van der Waals surface area (Å²) in [7, 11) is 1.60. The predicted octanol–water partition coefficient (Wildman–Crippen LogP) is 1.44. The molecule has 1 saturated heterocycles. The first-order chi connectivity index (χ1) is 10.4. The molecular formula is C14H20ClN5OS. The molecule has 3 rings (SSSR count). The van der Waals surface area contributed by atoms with E-state index in [0.717, 1.165) is 43.6 Å². The second-order valence-corrected chi connectivity index (χ2v) is 8.26. The molecule has 22 heavy (non-hydrogen) atoms. The van der Waals surface area contributed by atoms with Crippen LogP contribution in [-0.4, -0.2) is 57.3 Å². The largest absolute Gasteiger partial charge is 0.365 e. The van der Waals surface area contributed by atoms with Gasteiger partial charge in [-0.3, -0.25) is 9.79 Å². The van der Waals surface area contributed by atoms with E-state index in [0.29, 0.717) is 0 Å². The molecule has 2 aliphatic heterocycles. The minimum absolute atomic E-state index is 0.200. The fraction of sp³-hybridized carbons (Fsp3) is 0.643. The van der Waals surface area contributed by atoms with Gasteiger partial charge >= 0.3 is 0 Å². The van der Waals surface area contributed by atoms with E-state index in [-0.39, 0.29) is 15.3 Å². The molecule has 2 aliphatic rings. The molecule has 0 bridgehead atoms. The summed E-state index contributed by atoms with van der Waals surface area (Å²) in [5, 5.41) is 5.45. The summed E-state index contributed by atoms with van der Waals surface area (Å²) >= 11 is 8.02. The highest BCUT2D eigenvalue weighted by Crippen LogP contribution is 2.34. The van der Waals surface area contributed by atoms with Crippen LogP contribution in [0.5, 0.6) is 0 Å². The highest BCUT2D eigenvalue weighted by molar-refractivity contribution is 8.15. The van der Waals surface area contributed by atoms with Crippen molar-refractivity contribution in [1.82, 2.24) is 14.7 Å². The summed E-state index contributed by atoms with van der Waals surface area (Å²) in [6.45, 7) is 8.70. The van der Waals surface area contributed by atoms with E-state index in [9.17, 15) is 4.79 Å². The Morgan fingerprint density at radius 1 is 1.23 bits per heavy atom. The zero-order chi connectivity index (χ0) is 15.9. The van der Waals surface area contributed by atoms with Crippen LogP contribution < -0.4 is 10.5 Å². The maximum atomic E-state index is 11.9. The Labute approximate surface area is 139 Å². The molecule has 0 aliphatic carbocycles. The molecule has 0 N–H and O–H groups in total. The molecule has 8 heteroatoms. The minimum atomic E-state index is -0.251. The standard InChI is InChI=1S/C14H20ClN5OS/c1-14(2)9-16-13(22-14)20-6-4-19(5-7-20)10-8-17-18(3)12(21)11(10)15/h8H,4-7,9H2,1-3H3. The minimum Gasteiger partial charge on any atom is -0.365 e. The van der Waals surface area contributed by atoms with Gasteiger partial charge in [-0.1, -0.05) is 23.4 Å². The third-order valence-electron chi connectivity index (χ3n) is 3.91. The average Bonchev–Trinajstić information content (AvgIpc) is 2.85. The number of aliphatic imine (C=N–C) groups is 1. The van der Waals surface area contributed by atoms with Crippen molar-refractivity contribution in [3.05, 3.63) is 21.6 Å². The third kappa shape index (κ3) is 2.96. The second kappa shape index (κ2) is 5.77. The topological polar surface area (TPSA) is 53.7 Å². The number of amidine groups is 1. The number of halogens is 1. The molecule has 0 saturated carbocycles. The van der Waals surface area contributed by atoms with E-state index in [2.05, 4.69) is 33.7 Å². The van der Waals surface area contributed by atoms with E-state index >= 15 is 0 Å². The lowest BCUT2D eigenvalue weighted by Crippen LogP contribution is -2.48. The van der Waals surface area contributed by atoms with Gasteiger partial charge in [0.15, 0.2) is 5.17 Å². The molecule has 0 spiro atoms. The van der Waals surface area contributed by atoms with Crippen molar-refractivity contribution in [1.29, 1.82) is 0 Å². The van der Waals surface area contributed by atoms with Gasteiger partial charge in [0.1, 0.15) is 5.02 Å². The van der Waals surface area contributed by atoms with Crippen LogP contribution in [-0.2, 0) is 7.05 Å². The zero-order valence-electron chi connectivity index (χ0n) is 13.0. The zero-order valence-corrected chi connectivity index (χ0v) is 14.6. The van der Waals surface area contributed by atoms with Gasteiger partial charge in [-0.25, -0.2) is 4.68 Å². The van der Waals surface area contributed by atoms with Crippen LogP contribution in [0.3, 0.4) is 0 Å². The molecule has 1 aromatic heterocycles. The van der Waals surface area contributed by atoms with Gasteiger partial charge in [0, 0.05) is 38.0 Å². The summed E-state index contributed by atoms with van der Waals surface area (Å²) in [6.07, 6.45) is 1.67. The van der Waals surface area contributed by atoms with E-state index in [1.807, 2.05) is 11.8 Å². The van der Waals surface area contributed by atoms with Gasteiger partial charge < -0.3 is 9.80 Å². The van der Waals surface area contributed by atoms with Crippen LogP contribution in [0.15, 0.2) is 16.0 Å². The number of rotatable bonds is 1. The van der Waals surface area contributed by atoms with Crippen molar-refractivity contribution in [3.8, 4) is 0 Å². The maximum absolute atomic E-state index is 11.9. The fourth-order valence-electron chi connectivity index (χ4n) is 2.60. The summed E-state index contributed by atoms with van der Waals surface area (Å²) < 4.78 is 1.46. The molecule has 0 aromatic carbocycles. The lowest BCUT2D eigenvalue weighted by molar-refractivity contribution is 0.392. The summed E-state index contributed by atoms with van der Waals surface area (Å²) in [5.41, 5.74) is 0.477. The number of nitrogens with zero attached hydrogens (tertiary/aromatic N) is 5. The molecule has 0 atom stereocenters.